The topological polar surface area (TPSA) is 59.5 Å². The lowest BCUT2D eigenvalue weighted by Gasteiger charge is -2.17. The van der Waals surface area contributed by atoms with Crippen molar-refractivity contribution >= 4 is 10.0 Å². The standard InChI is InChI=1S/C18H22N2O3S/c1-14-3-5-17(6-4-14)24(21,22)20-11-16(13-23-2)18(12-20)15-7-9-19-10-8-15/h3-10,16,18H,11-13H2,1-2H3/t16-,18-/m0/s1. The molecule has 5 nitrogen and oxygen atoms in total. The van der Waals surface area contributed by atoms with E-state index in [9.17, 15) is 8.42 Å². The minimum atomic E-state index is -3.49. The van der Waals surface area contributed by atoms with Crippen molar-refractivity contribution in [1.29, 1.82) is 0 Å². The Labute approximate surface area is 143 Å². The van der Waals surface area contributed by atoms with Crippen LogP contribution in [0.25, 0.3) is 0 Å². The van der Waals surface area contributed by atoms with Gasteiger partial charge in [-0.05, 0) is 36.8 Å². The molecule has 1 aliphatic rings. The van der Waals surface area contributed by atoms with E-state index in [4.69, 9.17) is 4.74 Å². The zero-order valence-corrected chi connectivity index (χ0v) is 14.7. The number of hydrogen-bond donors (Lipinski definition) is 0. The maximum absolute atomic E-state index is 12.9. The highest BCUT2D eigenvalue weighted by Gasteiger charge is 2.39. The number of sulfonamides is 1. The van der Waals surface area contributed by atoms with Gasteiger partial charge in [-0.15, -0.1) is 0 Å². The number of methoxy groups -OCH3 is 1. The lowest BCUT2D eigenvalue weighted by Crippen LogP contribution is -2.29. The van der Waals surface area contributed by atoms with Gasteiger partial charge in [-0.2, -0.15) is 4.31 Å². The number of aryl methyl sites for hydroxylation is 1. The molecule has 0 saturated carbocycles. The van der Waals surface area contributed by atoms with Gasteiger partial charge in [0.15, 0.2) is 0 Å². The van der Waals surface area contributed by atoms with Crippen LogP contribution in [-0.4, -0.2) is 44.5 Å². The Kier molecular flexibility index (Phi) is 4.99. The fourth-order valence-electron chi connectivity index (χ4n) is 3.26. The van der Waals surface area contributed by atoms with Crippen LogP contribution in [0.1, 0.15) is 17.0 Å². The number of pyridine rings is 1. The molecule has 0 radical (unpaired) electrons. The smallest absolute Gasteiger partial charge is 0.243 e. The molecule has 1 aromatic carbocycles. The quantitative estimate of drug-likeness (QED) is 0.834. The Morgan fingerprint density at radius 3 is 2.42 bits per heavy atom. The van der Waals surface area contributed by atoms with Crippen molar-refractivity contribution < 1.29 is 13.2 Å². The fourth-order valence-corrected chi connectivity index (χ4v) is 4.78. The molecule has 1 aromatic heterocycles. The Hall–Kier alpha value is -1.76. The summed E-state index contributed by atoms with van der Waals surface area (Å²) in [6.07, 6.45) is 3.49. The summed E-state index contributed by atoms with van der Waals surface area (Å²) in [5, 5.41) is 0. The maximum Gasteiger partial charge on any atom is 0.243 e. The molecule has 0 amide bonds. The van der Waals surface area contributed by atoms with E-state index in [-0.39, 0.29) is 11.8 Å². The van der Waals surface area contributed by atoms with Crippen LogP contribution < -0.4 is 0 Å². The molecule has 2 heterocycles. The SMILES string of the molecule is COC[C@@H]1CN(S(=O)(=O)c2ccc(C)cc2)C[C@H]1c1ccncc1. The lowest BCUT2D eigenvalue weighted by atomic mass is 9.90. The van der Waals surface area contributed by atoms with Crippen molar-refractivity contribution in [3.05, 3.63) is 59.9 Å². The largest absolute Gasteiger partial charge is 0.384 e. The van der Waals surface area contributed by atoms with Gasteiger partial charge in [-0.1, -0.05) is 17.7 Å². The predicted octanol–water partition coefficient (Wildman–Crippen LogP) is 2.44. The summed E-state index contributed by atoms with van der Waals surface area (Å²) in [5.74, 6) is 0.255. The first-order chi connectivity index (χ1) is 11.5. The summed E-state index contributed by atoms with van der Waals surface area (Å²) in [6, 6.07) is 10.9. The first-order valence-corrected chi connectivity index (χ1v) is 9.42. The molecule has 0 spiro atoms. The number of hydrogen-bond acceptors (Lipinski definition) is 4. The molecule has 0 bridgehead atoms. The molecule has 2 aromatic rings. The first kappa shape index (κ1) is 17.1. The third-order valence-electron chi connectivity index (χ3n) is 4.58. The van der Waals surface area contributed by atoms with Gasteiger partial charge in [0.05, 0.1) is 11.5 Å². The molecular weight excluding hydrogens is 324 g/mol. The summed E-state index contributed by atoms with van der Waals surface area (Å²) in [4.78, 5) is 4.40. The zero-order valence-electron chi connectivity index (χ0n) is 13.9. The highest BCUT2D eigenvalue weighted by Crippen LogP contribution is 2.35. The van der Waals surface area contributed by atoms with Gasteiger partial charge in [-0.3, -0.25) is 4.98 Å². The van der Waals surface area contributed by atoms with Crippen LogP contribution in [-0.2, 0) is 14.8 Å². The van der Waals surface area contributed by atoms with E-state index in [0.29, 0.717) is 24.6 Å². The van der Waals surface area contributed by atoms with Crippen LogP contribution in [0.2, 0.25) is 0 Å². The summed E-state index contributed by atoms with van der Waals surface area (Å²) in [6.45, 7) is 3.42. The van der Waals surface area contributed by atoms with E-state index < -0.39 is 10.0 Å². The van der Waals surface area contributed by atoms with Crippen LogP contribution in [0.5, 0.6) is 0 Å². The lowest BCUT2D eigenvalue weighted by molar-refractivity contribution is 0.151. The van der Waals surface area contributed by atoms with Crippen LogP contribution in [0.3, 0.4) is 0 Å². The number of benzene rings is 1. The van der Waals surface area contributed by atoms with Crippen LogP contribution in [0.15, 0.2) is 53.7 Å². The third kappa shape index (κ3) is 3.36. The van der Waals surface area contributed by atoms with Gasteiger partial charge >= 0.3 is 0 Å². The van der Waals surface area contributed by atoms with Gasteiger partial charge in [0, 0.05) is 44.4 Å². The molecule has 128 valence electrons. The van der Waals surface area contributed by atoms with Crippen molar-refractivity contribution in [3.8, 4) is 0 Å². The molecule has 3 rings (SSSR count). The summed E-state index contributed by atoms with van der Waals surface area (Å²) in [7, 11) is -1.83. The van der Waals surface area contributed by atoms with E-state index in [1.54, 1.807) is 35.9 Å². The summed E-state index contributed by atoms with van der Waals surface area (Å²) >= 11 is 0. The van der Waals surface area contributed by atoms with Crippen molar-refractivity contribution in [2.45, 2.75) is 17.7 Å². The van der Waals surface area contributed by atoms with E-state index >= 15 is 0 Å². The molecule has 2 atom stereocenters. The molecule has 1 saturated heterocycles. The van der Waals surface area contributed by atoms with Crippen LogP contribution in [0.4, 0.5) is 0 Å². The van der Waals surface area contributed by atoms with E-state index in [2.05, 4.69) is 4.98 Å². The second-order valence-electron chi connectivity index (χ2n) is 6.24. The average molecular weight is 346 g/mol. The van der Waals surface area contributed by atoms with Gasteiger partial charge < -0.3 is 4.74 Å². The number of nitrogens with zero attached hydrogens (tertiary/aromatic N) is 2. The maximum atomic E-state index is 12.9. The number of rotatable bonds is 5. The number of aromatic nitrogens is 1. The first-order valence-electron chi connectivity index (χ1n) is 7.98. The summed E-state index contributed by atoms with van der Waals surface area (Å²) in [5.41, 5.74) is 2.15. The van der Waals surface area contributed by atoms with E-state index in [1.807, 2.05) is 31.2 Å². The van der Waals surface area contributed by atoms with Crippen molar-refractivity contribution in [3.63, 3.8) is 0 Å². The van der Waals surface area contributed by atoms with E-state index in [1.165, 1.54) is 0 Å². The predicted molar refractivity (Wildman–Crippen MR) is 92.3 cm³/mol. The van der Waals surface area contributed by atoms with Gasteiger partial charge in [0.25, 0.3) is 0 Å². The Balaban J connectivity index is 1.88. The molecule has 0 aliphatic carbocycles. The zero-order chi connectivity index (χ0) is 17.2. The second kappa shape index (κ2) is 7.01. The van der Waals surface area contributed by atoms with Crippen molar-refractivity contribution in [2.75, 3.05) is 26.8 Å². The Bertz CT molecular complexity index is 776. The molecule has 6 heteroatoms. The number of ether oxygens (including phenoxy) is 1. The molecule has 1 fully saturated rings. The van der Waals surface area contributed by atoms with E-state index in [0.717, 1.165) is 11.1 Å². The highest BCUT2D eigenvalue weighted by molar-refractivity contribution is 7.89. The van der Waals surface area contributed by atoms with Gasteiger partial charge in [0.1, 0.15) is 0 Å². The molecule has 0 unspecified atom stereocenters. The molecule has 24 heavy (non-hydrogen) atoms. The second-order valence-corrected chi connectivity index (χ2v) is 8.18. The normalized spacial score (nSPS) is 21.9. The molecular formula is C18H22N2O3S. The molecule has 1 aliphatic heterocycles. The van der Waals surface area contributed by atoms with Crippen LogP contribution in [0, 0.1) is 12.8 Å². The molecule has 0 N–H and O–H groups in total. The van der Waals surface area contributed by atoms with Crippen molar-refractivity contribution in [1.82, 2.24) is 9.29 Å². The fraction of sp³-hybridized carbons (Fsp3) is 0.389. The van der Waals surface area contributed by atoms with Crippen molar-refractivity contribution in [2.24, 2.45) is 5.92 Å². The minimum Gasteiger partial charge on any atom is -0.384 e. The van der Waals surface area contributed by atoms with Gasteiger partial charge in [0.2, 0.25) is 10.0 Å². The summed E-state index contributed by atoms with van der Waals surface area (Å²) < 4.78 is 32.8. The Morgan fingerprint density at radius 2 is 1.79 bits per heavy atom. The highest BCUT2D eigenvalue weighted by atomic mass is 32.2. The Morgan fingerprint density at radius 1 is 1.12 bits per heavy atom. The third-order valence-corrected chi connectivity index (χ3v) is 6.43. The average Bonchev–Trinajstić information content (AvgIpc) is 3.01. The minimum absolute atomic E-state index is 0.119. The van der Waals surface area contributed by atoms with Gasteiger partial charge in [-0.25, -0.2) is 8.42 Å². The van der Waals surface area contributed by atoms with Crippen LogP contribution >= 0.6 is 0 Å². The monoisotopic (exact) mass is 346 g/mol.